The average Bonchev–Trinajstić information content (AvgIpc) is 3.16. The van der Waals surface area contributed by atoms with Crippen molar-refractivity contribution < 1.29 is 27.8 Å². The van der Waals surface area contributed by atoms with Crippen molar-refractivity contribution >= 4 is 17.7 Å². The van der Waals surface area contributed by atoms with Crippen LogP contribution in [0.4, 0.5) is 24.9 Å². The van der Waals surface area contributed by atoms with Gasteiger partial charge in [0.15, 0.2) is 0 Å². The molecule has 4 heterocycles. The molecule has 3 atom stereocenters. The normalized spacial score (nSPS) is 27.7. The maximum atomic E-state index is 13.4. The molecule has 2 saturated heterocycles. The maximum Gasteiger partial charge on any atom is 0.408 e. The molecule has 0 spiro atoms. The van der Waals surface area contributed by atoms with Crippen LogP contribution in [-0.4, -0.2) is 64.7 Å². The number of fused-ring (bicyclic) bond motifs is 3. The van der Waals surface area contributed by atoms with E-state index in [1.807, 2.05) is 4.90 Å². The third-order valence-corrected chi connectivity index (χ3v) is 5.11. The lowest BCUT2D eigenvalue weighted by Crippen LogP contribution is -2.54. The second kappa shape index (κ2) is 5.86. The van der Waals surface area contributed by atoms with Crippen molar-refractivity contribution in [1.29, 1.82) is 0 Å². The minimum absolute atomic E-state index is 0.0265. The standard InChI is InChI=1S/C15H17F3N4O4/c16-15(17,18)10-1-2-20-12(23)4-11(19-14(20)22(10)6-13(24)25)21-5-9-3-8(21)7-26-9/h4,8-10H,1-3,5-7H2,(H,24,25)/t8?,9?,10-/m0/s1. The van der Waals surface area contributed by atoms with Gasteiger partial charge in [0.1, 0.15) is 18.4 Å². The Hall–Kier alpha value is -2.30. The number of rotatable bonds is 3. The summed E-state index contributed by atoms with van der Waals surface area (Å²) in [7, 11) is 0. The number of morpholine rings is 1. The van der Waals surface area contributed by atoms with Crippen LogP contribution in [0, 0.1) is 0 Å². The van der Waals surface area contributed by atoms with Gasteiger partial charge in [-0.3, -0.25) is 14.2 Å². The fraction of sp³-hybridized carbons (Fsp3) is 0.667. The van der Waals surface area contributed by atoms with E-state index < -0.39 is 36.7 Å². The molecule has 1 N–H and O–H groups in total. The van der Waals surface area contributed by atoms with E-state index in [0.29, 0.717) is 18.1 Å². The van der Waals surface area contributed by atoms with Crippen LogP contribution in [0.5, 0.6) is 0 Å². The van der Waals surface area contributed by atoms with Crippen molar-refractivity contribution in [3.05, 3.63) is 16.4 Å². The molecular formula is C15H17F3N4O4. The van der Waals surface area contributed by atoms with Gasteiger partial charge in [-0.15, -0.1) is 0 Å². The molecule has 3 aliphatic rings. The zero-order valence-electron chi connectivity index (χ0n) is 13.6. The lowest BCUT2D eigenvalue weighted by Gasteiger charge is -2.38. The highest BCUT2D eigenvalue weighted by molar-refractivity contribution is 5.73. The number of aliphatic carboxylic acids is 1. The van der Waals surface area contributed by atoms with Gasteiger partial charge in [-0.05, 0) is 12.8 Å². The summed E-state index contributed by atoms with van der Waals surface area (Å²) in [6.45, 7) is -0.0386. The second-order valence-corrected chi connectivity index (χ2v) is 6.77. The molecule has 2 unspecified atom stereocenters. The summed E-state index contributed by atoms with van der Waals surface area (Å²) in [5, 5.41) is 9.06. The molecule has 4 rings (SSSR count). The molecule has 26 heavy (non-hydrogen) atoms. The van der Waals surface area contributed by atoms with Crippen LogP contribution in [0.15, 0.2) is 10.9 Å². The van der Waals surface area contributed by atoms with Crippen LogP contribution in [0.25, 0.3) is 0 Å². The Labute approximate surface area is 145 Å². The van der Waals surface area contributed by atoms with Gasteiger partial charge in [0.05, 0.1) is 18.8 Å². The number of carbonyl (C=O) groups is 1. The Kier molecular flexibility index (Phi) is 3.86. The fourth-order valence-corrected chi connectivity index (χ4v) is 3.95. The highest BCUT2D eigenvalue weighted by Gasteiger charge is 2.48. The van der Waals surface area contributed by atoms with E-state index >= 15 is 0 Å². The summed E-state index contributed by atoms with van der Waals surface area (Å²) in [4.78, 5) is 30.4. The third kappa shape index (κ3) is 2.79. The first kappa shape index (κ1) is 17.1. The number of aromatic nitrogens is 2. The Bertz CT molecular complexity index is 796. The van der Waals surface area contributed by atoms with Crippen molar-refractivity contribution in [3.8, 4) is 0 Å². The second-order valence-electron chi connectivity index (χ2n) is 6.77. The molecular weight excluding hydrogens is 357 g/mol. The highest BCUT2D eigenvalue weighted by Crippen LogP contribution is 2.36. The predicted octanol–water partition coefficient (Wildman–Crippen LogP) is 0.446. The van der Waals surface area contributed by atoms with E-state index in [1.165, 1.54) is 6.07 Å². The number of ether oxygens (including phenoxy) is 1. The molecule has 0 aromatic carbocycles. The number of anilines is 2. The molecule has 0 amide bonds. The molecule has 2 bridgehead atoms. The first-order chi connectivity index (χ1) is 12.2. The topological polar surface area (TPSA) is 87.9 Å². The summed E-state index contributed by atoms with van der Waals surface area (Å²) in [6.07, 6.45) is -4.20. The largest absolute Gasteiger partial charge is 0.480 e. The minimum atomic E-state index is -4.62. The number of alkyl halides is 3. The van der Waals surface area contributed by atoms with Crippen molar-refractivity contribution in [3.63, 3.8) is 0 Å². The monoisotopic (exact) mass is 374 g/mol. The van der Waals surface area contributed by atoms with Crippen LogP contribution >= 0.6 is 0 Å². The molecule has 0 aliphatic carbocycles. The Balaban J connectivity index is 1.76. The number of nitrogens with zero attached hydrogens (tertiary/aromatic N) is 4. The maximum absolute atomic E-state index is 13.4. The quantitative estimate of drug-likeness (QED) is 0.822. The number of halogens is 3. The highest BCUT2D eigenvalue weighted by atomic mass is 19.4. The molecule has 0 radical (unpaired) electrons. The first-order valence-electron chi connectivity index (χ1n) is 8.29. The van der Waals surface area contributed by atoms with Crippen molar-refractivity contribution in [2.24, 2.45) is 0 Å². The van der Waals surface area contributed by atoms with Crippen LogP contribution in [-0.2, 0) is 16.1 Å². The zero-order chi connectivity index (χ0) is 18.6. The summed E-state index contributed by atoms with van der Waals surface area (Å²) in [6, 6.07) is -0.652. The van der Waals surface area contributed by atoms with Crippen LogP contribution in [0.1, 0.15) is 12.8 Å². The smallest absolute Gasteiger partial charge is 0.408 e. The van der Waals surface area contributed by atoms with Crippen LogP contribution < -0.4 is 15.4 Å². The lowest BCUT2D eigenvalue weighted by atomic mass is 10.1. The molecule has 3 aliphatic heterocycles. The van der Waals surface area contributed by atoms with Crippen molar-refractivity contribution in [2.45, 2.75) is 43.8 Å². The predicted molar refractivity (Wildman–Crippen MR) is 83.4 cm³/mol. The first-order valence-corrected chi connectivity index (χ1v) is 8.29. The Morgan fingerprint density at radius 1 is 1.42 bits per heavy atom. The van der Waals surface area contributed by atoms with Gasteiger partial charge in [-0.2, -0.15) is 18.2 Å². The van der Waals surface area contributed by atoms with Crippen molar-refractivity contribution in [2.75, 3.05) is 29.5 Å². The van der Waals surface area contributed by atoms with Gasteiger partial charge in [-0.1, -0.05) is 0 Å². The Morgan fingerprint density at radius 3 is 2.77 bits per heavy atom. The summed E-state index contributed by atoms with van der Waals surface area (Å²) < 4.78 is 46.8. The van der Waals surface area contributed by atoms with Gasteiger partial charge in [0, 0.05) is 19.2 Å². The minimum Gasteiger partial charge on any atom is -0.480 e. The van der Waals surface area contributed by atoms with E-state index in [0.717, 1.165) is 11.0 Å². The van der Waals surface area contributed by atoms with E-state index in [9.17, 15) is 22.8 Å². The van der Waals surface area contributed by atoms with Crippen LogP contribution in [0.3, 0.4) is 0 Å². The fourth-order valence-electron chi connectivity index (χ4n) is 3.95. The molecule has 11 heteroatoms. The van der Waals surface area contributed by atoms with Gasteiger partial charge in [-0.25, -0.2) is 0 Å². The van der Waals surface area contributed by atoms with Gasteiger partial charge in [0.25, 0.3) is 5.56 Å². The van der Waals surface area contributed by atoms with E-state index in [4.69, 9.17) is 9.84 Å². The van der Waals surface area contributed by atoms with Crippen molar-refractivity contribution in [1.82, 2.24) is 9.55 Å². The SMILES string of the molecule is O=C(O)CN1c2nc(N3CC4CC3CO4)cc(=O)n2CC[C@H]1C(F)(F)F. The molecule has 0 saturated carbocycles. The van der Waals surface area contributed by atoms with E-state index in [2.05, 4.69) is 4.98 Å². The van der Waals surface area contributed by atoms with E-state index in [1.54, 1.807) is 0 Å². The number of hydrogen-bond acceptors (Lipinski definition) is 6. The third-order valence-electron chi connectivity index (χ3n) is 5.11. The summed E-state index contributed by atoms with van der Waals surface area (Å²) in [5.41, 5.74) is -0.482. The molecule has 2 fully saturated rings. The van der Waals surface area contributed by atoms with Gasteiger partial charge >= 0.3 is 12.1 Å². The summed E-state index contributed by atoms with van der Waals surface area (Å²) in [5.74, 6) is -1.39. The number of carboxylic acids is 1. The Morgan fingerprint density at radius 2 is 2.19 bits per heavy atom. The number of hydrogen-bond donors (Lipinski definition) is 1. The van der Waals surface area contributed by atoms with Gasteiger partial charge < -0.3 is 19.6 Å². The molecule has 1 aromatic heterocycles. The summed E-state index contributed by atoms with van der Waals surface area (Å²) >= 11 is 0. The van der Waals surface area contributed by atoms with E-state index in [-0.39, 0.29) is 30.5 Å². The molecule has 8 nitrogen and oxygen atoms in total. The number of carboxylic acid groups (broad SMARTS) is 1. The van der Waals surface area contributed by atoms with Crippen LogP contribution in [0.2, 0.25) is 0 Å². The molecule has 142 valence electrons. The zero-order valence-corrected chi connectivity index (χ0v) is 13.6. The lowest BCUT2D eigenvalue weighted by molar-refractivity contribution is -0.154. The average molecular weight is 374 g/mol. The van der Waals surface area contributed by atoms with Gasteiger partial charge in [0.2, 0.25) is 5.95 Å². The molecule has 1 aromatic rings.